The van der Waals surface area contributed by atoms with E-state index in [1.165, 1.54) is 205 Å². The van der Waals surface area contributed by atoms with Gasteiger partial charge in [0.15, 0.2) is 0 Å². The molecule has 4 aliphatic carbocycles. The third-order valence-corrected chi connectivity index (χ3v) is 18.4. The number of allylic oxidation sites excluding steroid dienone is 3. The molecular weight excluding hydrogens is 717 g/mol. The van der Waals surface area contributed by atoms with E-state index in [4.69, 9.17) is 4.74 Å². The molecule has 0 saturated heterocycles. The molecule has 0 amide bonds. The highest BCUT2D eigenvalue weighted by Gasteiger charge is 2.63. The van der Waals surface area contributed by atoms with Crippen molar-refractivity contribution in [1.29, 1.82) is 0 Å². The van der Waals surface area contributed by atoms with E-state index < -0.39 is 0 Å². The van der Waals surface area contributed by atoms with Crippen LogP contribution in [0.4, 0.5) is 0 Å². The highest BCUT2D eigenvalue weighted by molar-refractivity contribution is 5.69. The molecule has 0 aromatic rings. The molecule has 0 bridgehead atoms. The lowest BCUT2D eigenvalue weighted by molar-refractivity contribution is -0.170. The molecule has 0 spiro atoms. The van der Waals surface area contributed by atoms with Crippen LogP contribution in [0.3, 0.4) is 0 Å². The van der Waals surface area contributed by atoms with E-state index in [-0.39, 0.29) is 22.9 Å². The predicted molar refractivity (Wildman–Crippen MR) is 258 cm³/mol. The van der Waals surface area contributed by atoms with Gasteiger partial charge in [0.05, 0.1) is 0 Å². The fourth-order valence-electron chi connectivity index (χ4n) is 14.0. The quantitative estimate of drug-likeness (QED) is 0.0410. The van der Waals surface area contributed by atoms with Crippen LogP contribution in [0, 0.1) is 45.3 Å². The molecule has 4 rings (SSSR count). The van der Waals surface area contributed by atoms with Gasteiger partial charge in [-0.2, -0.15) is 0 Å². The molecule has 0 aromatic carbocycles. The number of esters is 1. The molecule has 7 atom stereocenters. The Balaban J connectivity index is 1.06. The molecule has 59 heavy (non-hydrogen) atoms. The predicted octanol–water partition coefficient (Wildman–Crippen LogP) is 18.7. The summed E-state index contributed by atoms with van der Waals surface area (Å²) in [7, 11) is 0. The molecule has 0 radical (unpaired) electrons. The van der Waals surface area contributed by atoms with Crippen LogP contribution in [0.2, 0.25) is 0 Å². The second kappa shape index (κ2) is 24.7. The van der Waals surface area contributed by atoms with Gasteiger partial charge in [0, 0.05) is 11.8 Å². The standard InChI is InChI=1S/C57H102O2/c1-11-12-13-14-15-16-17-18-19-20-21-22-23-24-25-26-27-28-29-30-31-32-33-34-53(58)59-52-41-42-55(8)49-40-44-56(9)48(47(5)36-35-46(4)45(2)3)39-43-57(56,10)50(49)37-38-51(55)54(52,6)7/h45,47-48,51-52H,4,11-44H2,1-3,5-10H3/t47-,48-,51-,52-,55+,56-,57+/m0/s1. The normalized spacial score (nSPS) is 29.3. The van der Waals surface area contributed by atoms with Crippen LogP contribution in [0.1, 0.15) is 281 Å². The lowest BCUT2D eigenvalue weighted by Crippen LogP contribution is -2.55. The van der Waals surface area contributed by atoms with Gasteiger partial charge in [0.25, 0.3) is 0 Å². The van der Waals surface area contributed by atoms with Crippen LogP contribution >= 0.6 is 0 Å². The van der Waals surface area contributed by atoms with Crippen molar-refractivity contribution in [3.05, 3.63) is 23.3 Å². The Labute approximate surface area is 369 Å². The molecule has 0 N–H and O–H groups in total. The number of hydrogen-bond donors (Lipinski definition) is 0. The monoisotopic (exact) mass is 819 g/mol. The van der Waals surface area contributed by atoms with Gasteiger partial charge < -0.3 is 4.74 Å². The van der Waals surface area contributed by atoms with Crippen LogP contribution in [0.15, 0.2) is 23.3 Å². The minimum absolute atomic E-state index is 0.0147. The molecule has 2 saturated carbocycles. The van der Waals surface area contributed by atoms with Crippen molar-refractivity contribution in [3.8, 4) is 0 Å². The molecule has 0 aromatic heterocycles. The van der Waals surface area contributed by atoms with Gasteiger partial charge in [0.1, 0.15) is 6.10 Å². The van der Waals surface area contributed by atoms with E-state index in [9.17, 15) is 4.79 Å². The van der Waals surface area contributed by atoms with Crippen LogP contribution in [0.25, 0.3) is 0 Å². The highest BCUT2D eigenvalue weighted by Crippen LogP contribution is 2.72. The number of hydrogen-bond acceptors (Lipinski definition) is 2. The first-order chi connectivity index (χ1) is 28.2. The first-order valence-electron chi connectivity index (χ1n) is 26.8. The molecule has 4 aliphatic rings. The summed E-state index contributed by atoms with van der Waals surface area (Å²) in [6, 6.07) is 0. The van der Waals surface area contributed by atoms with Crippen molar-refractivity contribution in [2.24, 2.45) is 45.3 Å². The smallest absolute Gasteiger partial charge is 0.306 e. The number of carbonyl (C=O) groups is 1. The highest BCUT2D eigenvalue weighted by atomic mass is 16.5. The number of carbonyl (C=O) groups excluding carboxylic acids is 1. The lowest BCUT2D eigenvalue weighted by atomic mass is 9.43. The minimum atomic E-state index is 0.0147. The third kappa shape index (κ3) is 13.5. The summed E-state index contributed by atoms with van der Waals surface area (Å²) < 4.78 is 6.43. The fourth-order valence-corrected chi connectivity index (χ4v) is 14.0. The average molecular weight is 819 g/mol. The maximum Gasteiger partial charge on any atom is 0.306 e. The van der Waals surface area contributed by atoms with E-state index in [0.29, 0.717) is 29.1 Å². The second-order valence-corrected chi connectivity index (χ2v) is 23.1. The van der Waals surface area contributed by atoms with Crippen LogP contribution in [0.5, 0.6) is 0 Å². The van der Waals surface area contributed by atoms with Crippen molar-refractivity contribution < 1.29 is 9.53 Å². The SMILES string of the molecule is C=C(CC[C@H](C)[C@@H]1CC[C@]2(C)C3=C(CC[C@@]12C)[C@@]1(C)CC[C@H](OC(=O)CCCCCCCCCCCCCCCCCCCCCCCCC)C(C)(C)[C@@H]1CC3)C(C)C. The van der Waals surface area contributed by atoms with Crippen LogP contribution < -0.4 is 0 Å². The summed E-state index contributed by atoms with van der Waals surface area (Å²) in [5.74, 6) is 2.83. The minimum Gasteiger partial charge on any atom is -0.462 e. The molecule has 0 aliphatic heterocycles. The molecule has 0 heterocycles. The van der Waals surface area contributed by atoms with Crippen molar-refractivity contribution in [1.82, 2.24) is 0 Å². The van der Waals surface area contributed by atoms with Gasteiger partial charge in [-0.1, -0.05) is 227 Å². The van der Waals surface area contributed by atoms with Gasteiger partial charge in [-0.25, -0.2) is 0 Å². The van der Waals surface area contributed by atoms with Crippen molar-refractivity contribution in [3.63, 3.8) is 0 Å². The Morgan fingerprint density at radius 2 is 1.10 bits per heavy atom. The van der Waals surface area contributed by atoms with Gasteiger partial charge in [-0.15, -0.1) is 0 Å². The van der Waals surface area contributed by atoms with E-state index in [0.717, 1.165) is 24.7 Å². The van der Waals surface area contributed by atoms with Crippen LogP contribution in [-0.2, 0) is 9.53 Å². The Morgan fingerprint density at radius 1 is 0.610 bits per heavy atom. The molecule has 2 heteroatoms. The third-order valence-electron chi connectivity index (χ3n) is 18.4. The molecule has 2 nitrogen and oxygen atoms in total. The summed E-state index contributed by atoms with van der Waals surface area (Å²) in [5.41, 5.74) is 6.15. The van der Waals surface area contributed by atoms with Gasteiger partial charge in [-0.3, -0.25) is 4.79 Å². The maximum atomic E-state index is 13.3. The van der Waals surface area contributed by atoms with Gasteiger partial charge >= 0.3 is 5.97 Å². The summed E-state index contributed by atoms with van der Waals surface area (Å²) in [6.07, 6.45) is 45.4. The zero-order chi connectivity index (χ0) is 42.9. The maximum absolute atomic E-state index is 13.3. The molecule has 0 unspecified atom stereocenters. The first-order valence-corrected chi connectivity index (χ1v) is 26.8. The zero-order valence-corrected chi connectivity index (χ0v) is 41.5. The summed E-state index contributed by atoms with van der Waals surface area (Å²) in [5, 5.41) is 0. The van der Waals surface area contributed by atoms with Crippen molar-refractivity contribution in [2.45, 2.75) is 287 Å². The number of fused-ring (bicyclic) bond motifs is 4. The molecule has 342 valence electrons. The Kier molecular flexibility index (Phi) is 21.2. The average Bonchev–Trinajstić information content (AvgIpc) is 3.49. The molecule has 2 fully saturated rings. The summed E-state index contributed by atoms with van der Waals surface area (Å²) in [4.78, 5) is 13.3. The Hall–Kier alpha value is -1.05. The molecular formula is C57H102O2. The van der Waals surface area contributed by atoms with Crippen LogP contribution in [-0.4, -0.2) is 12.1 Å². The lowest BCUT2D eigenvalue weighted by Gasteiger charge is -2.62. The summed E-state index contributed by atoms with van der Waals surface area (Å²) >= 11 is 0. The van der Waals surface area contributed by atoms with Gasteiger partial charge in [-0.05, 0) is 111 Å². The second-order valence-electron chi connectivity index (χ2n) is 23.1. The fraction of sp³-hybridized carbons (Fsp3) is 0.912. The van der Waals surface area contributed by atoms with E-state index >= 15 is 0 Å². The van der Waals surface area contributed by atoms with Crippen molar-refractivity contribution >= 4 is 5.97 Å². The zero-order valence-electron chi connectivity index (χ0n) is 41.5. The number of unbranched alkanes of at least 4 members (excludes halogenated alkanes) is 22. The Bertz CT molecular complexity index is 1270. The summed E-state index contributed by atoms with van der Waals surface area (Å²) in [6.45, 7) is 26.8. The topological polar surface area (TPSA) is 26.3 Å². The number of ether oxygens (including phenoxy) is 1. The van der Waals surface area contributed by atoms with Gasteiger partial charge in [0.2, 0.25) is 0 Å². The van der Waals surface area contributed by atoms with E-state index in [1.807, 2.05) is 11.1 Å². The largest absolute Gasteiger partial charge is 0.462 e. The van der Waals surface area contributed by atoms with Crippen molar-refractivity contribution in [2.75, 3.05) is 0 Å². The Morgan fingerprint density at radius 3 is 1.59 bits per heavy atom. The van der Waals surface area contributed by atoms with E-state index in [1.54, 1.807) is 0 Å². The van der Waals surface area contributed by atoms with E-state index in [2.05, 4.69) is 68.9 Å². The first kappa shape index (κ1) is 50.6. The number of rotatable bonds is 30.